The highest BCUT2D eigenvalue weighted by atomic mass is 35.5. The Kier molecular flexibility index (Phi) is 4.09. The van der Waals surface area contributed by atoms with Crippen molar-refractivity contribution in [2.75, 3.05) is 14.2 Å². The molecule has 2 rings (SSSR count). The fourth-order valence-corrected chi connectivity index (χ4v) is 2.99. The normalized spacial score (nSPS) is 12.2. The maximum atomic E-state index is 13.3. The Morgan fingerprint density at radius 2 is 1.89 bits per heavy atom. The molecular formula is C13H12ClFO2S. The number of hydrogen-bond donors (Lipinski definition) is 0. The van der Waals surface area contributed by atoms with E-state index in [1.807, 2.05) is 11.4 Å². The van der Waals surface area contributed by atoms with Crippen molar-refractivity contribution in [3.05, 3.63) is 45.9 Å². The fraction of sp³-hybridized carbons (Fsp3) is 0.231. The van der Waals surface area contributed by atoms with Gasteiger partial charge in [-0.05, 0) is 29.6 Å². The van der Waals surface area contributed by atoms with Gasteiger partial charge in [0.15, 0.2) is 0 Å². The third-order valence-corrected chi connectivity index (χ3v) is 4.12. The summed E-state index contributed by atoms with van der Waals surface area (Å²) in [6.07, 6.45) is 0. The zero-order chi connectivity index (χ0) is 13.1. The summed E-state index contributed by atoms with van der Waals surface area (Å²) in [5, 5.41) is 1.39. The van der Waals surface area contributed by atoms with E-state index in [1.54, 1.807) is 13.2 Å². The van der Waals surface area contributed by atoms with Crippen LogP contribution in [0.25, 0.3) is 0 Å². The van der Waals surface area contributed by atoms with Crippen molar-refractivity contribution in [2.24, 2.45) is 0 Å². The van der Waals surface area contributed by atoms with Crippen LogP contribution in [0.1, 0.15) is 15.8 Å². The number of halogens is 2. The second-order valence-electron chi connectivity index (χ2n) is 3.60. The molecule has 2 aromatic rings. The Morgan fingerprint density at radius 1 is 1.17 bits per heavy atom. The van der Waals surface area contributed by atoms with Gasteiger partial charge < -0.3 is 9.47 Å². The Morgan fingerprint density at radius 3 is 2.56 bits per heavy atom. The van der Waals surface area contributed by atoms with E-state index in [1.165, 1.54) is 30.6 Å². The van der Waals surface area contributed by atoms with Crippen LogP contribution in [-0.4, -0.2) is 14.2 Å². The lowest BCUT2D eigenvalue weighted by molar-refractivity contribution is 0.405. The van der Waals surface area contributed by atoms with Crippen LogP contribution in [0, 0.1) is 5.82 Å². The van der Waals surface area contributed by atoms with E-state index in [9.17, 15) is 4.39 Å². The van der Waals surface area contributed by atoms with E-state index in [-0.39, 0.29) is 5.82 Å². The molecule has 1 unspecified atom stereocenters. The van der Waals surface area contributed by atoms with Gasteiger partial charge in [-0.3, -0.25) is 0 Å². The summed E-state index contributed by atoms with van der Waals surface area (Å²) in [6.45, 7) is 0. The summed E-state index contributed by atoms with van der Waals surface area (Å²) in [7, 11) is 3.12. The molecular weight excluding hydrogens is 275 g/mol. The average Bonchev–Trinajstić information content (AvgIpc) is 2.86. The Hall–Kier alpha value is -1.26. The number of rotatable bonds is 4. The molecule has 0 radical (unpaired) electrons. The molecule has 0 aliphatic heterocycles. The molecule has 0 saturated heterocycles. The molecule has 0 aliphatic carbocycles. The first-order valence-corrected chi connectivity index (χ1v) is 6.58. The van der Waals surface area contributed by atoms with Crippen molar-refractivity contribution in [3.63, 3.8) is 0 Å². The maximum absolute atomic E-state index is 13.3. The van der Waals surface area contributed by atoms with Gasteiger partial charge in [0.2, 0.25) is 0 Å². The van der Waals surface area contributed by atoms with Gasteiger partial charge in [-0.15, -0.1) is 22.9 Å². The van der Waals surface area contributed by atoms with Crippen molar-refractivity contribution < 1.29 is 13.9 Å². The molecule has 96 valence electrons. The molecule has 2 nitrogen and oxygen atoms in total. The van der Waals surface area contributed by atoms with E-state index in [4.69, 9.17) is 21.1 Å². The summed E-state index contributed by atoms with van der Waals surface area (Å²) in [5.41, 5.74) is 0.597. The second-order valence-corrected chi connectivity index (χ2v) is 4.99. The van der Waals surface area contributed by atoms with Gasteiger partial charge in [-0.2, -0.15) is 0 Å². The molecule has 0 N–H and O–H groups in total. The number of benzene rings is 1. The number of thiophene rings is 1. The van der Waals surface area contributed by atoms with E-state index in [0.717, 1.165) is 4.88 Å². The summed E-state index contributed by atoms with van der Waals surface area (Å²) in [5.74, 6) is 0.921. The van der Waals surface area contributed by atoms with Gasteiger partial charge in [-0.25, -0.2) is 4.39 Å². The molecule has 1 aromatic heterocycles. The van der Waals surface area contributed by atoms with Crippen LogP contribution in [0.3, 0.4) is 0 Å². The van der Waals surface area contributed by atoms with Gasteiger partial charge in [0, 0.05) is 5.56 Å². The maximum Gasteiger partial charge on any atom is 0.134 e. The summed E-state index contributed by atoms with van der Waals surface area (Å²) >= 11 is 7.86. The minimum atomic E-state index is -0.495. The predicted molar refractivity (Wildman–Crippen MR) is 71.5 cm³/mol. The zero-order valence-electron chi connectivity index (χ0n) is 9.94. The van der Waals surface area contributed by atoms with Gasteiger partial charge in [0.1, 0.15) is 22.7 Å². The van der Waals surface area contributed by atoms with Crippen molar-refractivity contribution in [1.82, 2.24) is 0 Å². The topological polar surface area (TPSA) is 18.5 Å². The first-order valence-electron chi connectivity index (χ1n) is 5.26. The predicted octanol–water partition coefficient (Wildman–Crippen LogP) is 4.23. The quantitative estimate of drug-likeness (QED) is 0.783. The molecule has 0 saturated carbocycles. The Labute approximate surface area is 114 Å². The van der Waals surface area contributed by atoms with Crippen LogP contribution in [0.2, 0.25) is 0 Å². The Bertz CT molecular complexity index is 542. The van der Waals surface area contributed by atoms with Crippen LogP contribution < -0.4 is 9.47 Å². The largest absolute Gasteiger partial charge is 0.496 e. The van der Waals surface area contributed by atoms with E-state index < -0.39 is 5.38 Å². The zero-order valence-corrected chi connectivity index (χ0v) is 11.5. The third kappa shape index (κ3) is 2.44. The lowest BCUT2D eigenvalue weighted by Crippen LogP contribution is -1.98. The second kappa shape index (κ2) is 5.59. The fourth-order valence-electron chi connectivity index (χ4n) is 1.71. The van der Waals surface area contributed by atoms with Crippen LogP contribution >= 0.6 is 22.9 Å². The van der Waals surface area contributed by atoms with Gasteiger partial charge in [0.05, 0.1) is 19.1 Å². The smallest absolute Gasteiger partial charge is 0.134 e. The van der Waals surface area contributed by atoms with Crippen LogP contribution in [0.4, 0.5) is 4.39 Å². The summed E-state index contributed by atoms with van der Waals surface area (Å²) < 4.78 is 23.8. The highest BCUT2D eigenvalue weighted by Gasteiger charge is 2.21. The highest BCUT2D eigenvalue weighted by Crippen LogP contribution is 2.42. The molecule has 0 fully saturated rings. The molecule has 1 heterocycles. The van der Waals surface area contributed by atoms with Crippen LogP contribution in [0.5, 0.6) is 11.5 Å². The summed E-state index contributed by atoms with van der Waals surface area (Å²) in [4.78, 5) is 0.836. The third-order valence-electron chi connectivity index (χ3n) is 2.57. The highest BCUT2D eigenvalue weighted by molar-refractivity contribution is 7.10. The minimum absolute atomic E-state index is 0.341. The molecule has 0 bridgehead atoms. The van der Waals surface area contributed by atoms with E-state index >= 15 is 0 Å². The van der Waals surface area contributed by atoms with E-state index in [2.05, 4.69) is 0 Å². The number of ether oxygens (including phenoxy) is 2. The lowest BCUT2D eigenvalue weighted by Gasteiger charge is -2.14. The standard InChI is InChI=1S/C13H12ClFO2S/c1-16-10-4-3-8(15)7-9(10)12(14)13-11(17-2)5-6-18-13/h3-7,12H,1-2H3. The van der Waals surface area contributed by atoms with Crippen molar-refractivity contribution in [1.29, 1.82) is 0 Å². The monoisotopic (exact) mass is 286 g/mol. The van der Waals surface area contributed by atoms with Crippen molar-refractivity contribution in [2.45, 2.75) is 5.38 Å². The molecule has 1 aromatic carbocycles. The lowest BCUT2D eigenvalue weighted by atomic mass is 10.1. The van der Waals surface area contributed by atoms with Crippen molar-refractivity contribution in [3.8, 4) is 11.5 Å². The SMILES string of the molecule is COc1ccc(F)cc1C(Cl)c1sccc1OC. The van der Waals surface area contributed by atoms with Crippen LogP contribution in [-0.2, 0) is 0 Å². The average molecular weight is 287 g/mol. The number of alkyl halides is 1. The first kappa shape index (κ1) is 13.2. The van der Waals surface area contributed by atoms with Crippen LogP contribution in [0.15, 0.2) is 29.6 Å². The Balaban J connectivity index is 2.45. The molecule has 0 spiro atoms. The van der Waals surface area contributed by atoms with Gasteiger partial charge >= 0.3 is 0 Å². The molecule has 0 aliphatic rings. The van der Waals surface area contributed by atoms with Gasteiger partial charge in [-0.1, -0.05) is 0 Å². The molecule has 0 amide bonds. The number of hydrogen-bond acceptors (Lipinski definition) is 3. The number of methoxy groups -OCH3 is 2. The molecule has 18 heavy (non-hydrogen) atoms. The van der Waals surface area contributed by atoms with Crippen molar-refractivity contribution >= 4 is 22.9 Å². The van der Waals surface area contributed by atoms with E-state index in [0.29, 0.717) is 17.1 Å². The molecule has 1 atom stereocenters. The minimum Gasteiger partial charge on any atom is -0.496 e. The molecule has 5 heteroatoms. The van der Waals surface area contributed by atoms with Gasteiger partial charge in [0.25, 0.3) is 0 Å². The first-order chi connectivity index (χ1) is 8.67. The summed E-state index contributed by atoms with van der Waals surface area (Å²) in [6, 6.07) is 6.13.